The SMILES string of the molecule is CC(C)N1CC(C(=O)Nc2ccc(-c3cc(C4CCN(C(=O)N(C)C)CC4)n4ncnc(N)c34)cc2)C(=O)N(c2ccc(F)cc2)C1=O. The number of nitrogens with two attached hydrogens (primary N) is 1. The molecule has 250 valence electrons. The zero-order valence-electron chi connectivity index (χ0n) is 27.3. The molecule has 2 aliphatic rings. The number of hydrogen-bond acceptors (Lipinski definition) is 7. The molecule has 2 saturated heterocycles. The van der Waals surface area contributed by atoms with Crippen molar-refractivity contribution in [1.82, 2.24) is 29.3 Å². The van der Waals surface area contributed by atoms with Gasteiger partial charge in [-0.25, -0.2) is 28.4 Å². The van der Waals surface area contributed by atoms with Gasteiger partial charge in [0.1, 0.15) is 23.6 Å². The van der Waals surface area contributed by atoms with E-state index in [1.807, 2.05) is 21.5 Å². The van der Waals surface area contributed by atoms with E-state index in [0.29, 0.717) is 30.1 Å². The molecule has 4 aromatic rings. The number of likely N-dealkylation sites (tertiary alicyclic amines) is 1. The Labute approximate surface area is 277 Å². The molecule has 2 fully saturated rings. The van der Waals surface area contributed by atoms with Crippen molar-refractivity contribution in [3.63, 3.8) is 0 Å². The van der Waals surface area contributed by atoms with E-state index in [1.54, 1.807) is 45.0 Å². The first-order valence-electron chi connectivity index (χ1n) is 15.8. The molecule has 6 rings (SSSR count). The first-order valence-corrected chi connectivity index (χ1v) is 15.8. The third kappa shape index (κ3) is 6.00. The van der Waals surface area contributed by atoms with Gasteiger partial charge in [0, 0.05) is 62.6 Å². The van der Waals surface area contributed by atoms with E-state index in [-0.39, 0.29) is 30.2 Å². The highest BCUT2D eigenvalue weighted by Crippen LogP contribution is 2.37. The number of rotatable bonds is 6. The lowest BCUT2D eigenvalue weighted by molar-refractivity contribution is -0.132. The highest BCUT2D eigenvalue weighted by Gasteiger charge is 2.44. The molecule has 4 heterocycles. The van der Waals surface area contributed by atoms with Crippen molar-refractivity contribution in [1.29, 1.82) is 0 Å². The molecule has 14 heteroatoms. The summed E-state index contributed by atoms with van der Waals surface area (Å²) in [5.74, 6) is -2.44. The summed E-state index contributed by atoms with van der Waals surface area (Å²) in [5.41, 5.74) is 10.3. The Morgan fingerprint density at radius 3 is 2.31 bits per heavy atom. The average Bonchev–Trinajstić information content (AvgIpc) is 3.46. The van der Waals surface area contributed by atoms with Crippen LogP contribution >= 0.6 is 0 Å². The van der Waals surface area contributed by atoms with Crippen LogP contribution in [-0.2, 0) is 9.59 Å². The minimum absolute atomic E-state index is 0.00305. The molecule has 0 radical (unpaired) electrons. The number of aromatic nitrogens is 3. The van der Waals surface area contributed by atoms with Crippen LogP contribution in [-0.4, -0.2) is 92.9 Å². The number of fused-ring (bicyclic) bond motifs is 1. The highest BCUT2D eigenvalue weighted by molar-refractivity contribution is 6.23. The maximum Gasteiger partial charge on any atom is 0.331 e. The first-order chi connectivity index (χ1) is 22.9. The average molecular weight is 656 g/mol. The maximum atomic E-state index is 13.6. The van der Waals surface area contributed by atoms with Crippen LogP contribution < -0.4 is 16.0 Å². The molecule has 3 N–H and O–H groups in total. The third-order valence-corrected chi connectivity index (χ3v) is 9.00. The van der Waals surface area contributed by atoms with Gasteiger partial charge in [-0.3, -0.25) is 9.59 Å². The minimum Gasteiger partial charge on any atom is -0.382 e. The predicted molar refractivity (Wildman–Crippen MR) is 179 cm³/mol. The molecule has 0 aliphatic carbocycles. The summed E-state index contributed by atoms with van der Waals surface area (Å²) in [6.07, 6.45) is 2.98. The topological polar surface area (TPSA) is 149 Å². The molecule has 2 aromatic heterocycles. The predicted octanol–water partition coefficient (Wildman–Crippen LogP) is 4.41. The summed E-state index contributed by atoms with van der Waals surface area (Å²) >= 11 is 0. The molecular weight excluding hydrogens is 617 g/mol. The number of carbonyl (C=O) groups excluding carboxylic acids is 4. The number of imide groups is 1. The number of carbonyl (C=O) groups is 4. The monoisotopic (exact) mass is 655 g/mol. The molecule has 6 amide bonds. The molecule has 0 bridgehead atoms. The smallest absolute Gasteiger partial charge is 0.331 e. The van der Waals surface area contributed by atoms with Crippen LogP contribution in [0.15, 0.2) is 60.9 Å². The molecule has 13 nitrogen and oxygen atoms in total. The Morgan fingerprint density at radius 2 is 1.69 bits per heavy atom. The number of anilines is 3. The van der Waals surface area contributed by atoms with E-state index in [9.17, 15) is 23.6 Å². The Kier molecular flexibility index (Phi) is 8.73. The van der Waals surface area contributed by atoms with Crippen LogP contribution in [0, 0.1) is 11.7 Å². The van der Waals surface area contributed by atoms with E-state index in [4.69, 9.17) is 5.73 Å². The van der Waals surface area contributed by atoms with Crippen molar-refractivity contribution >= 4 is 46.6 Å². The molecule has 1 unspecified atom stereocenters. The fraction of sp³-hybridized carbons (Fsp3) is 0.353. The van der Waals surface area contributed by atoms with Crippen molar-refractivity contribution in [2.75, 3.05) is 49.7 Å². The number of hydrogen-bond donors (Lipinski definition) is 2. The van der Waals surface area contributed by atoms with Crippen LogP contribution in [0.4, 0.5) is 31.2 Å². The van der Waals surface area contributed by atoms with Gasteiger partial charge in [-0.15, -0.1) is 0 Å². The van der Waals surface area contributed by atoms with Gasteiger partial charge in [0.25, 0.3) is 0 Å². The quantitative estimate of drug-likeness (QED) is 0.292. The Hall–Kier alpha value is -5.53. The zero-order valence-corrected chi connectivity index (χ0v) is 27.3. The summed E-state index contributed by atoms with van der Waals surface area (Å²) < 4.78 is 15.4. The van der Waals surface area contributed by atoms with E-state index >= 15 is 0 Å². The summed E-state index contributed by atoms with van der Waals surface area (Å²) in [5, 5.41) is 7.34. The van der Waals surface area contributed by atoms with E-state index in [2.05, 4.69) is 21.5 Å². The van der Waals surface area contributed by atoms with Crippen LogP contribution in [0.25, 0.3) is 16.6 Å². The third-order valence-electron chi connectivity index (χ3n) is 9.00. The number of piperidine rings is 1. The van der Waals surface area contributed by atoms with Crippen molar-refractivity contribution < 1.29 is 23.6 Å². The Bertz CT molecular complexity index is 1870. The van der Waals surface area contributed by atoms with E-state index in [0.717, 1.165) is 46.7 Å². The highest BCUT2D eigenvalue weighted by atomic mass is 19.1. The summed E-state index contributed by atoms with van der Waals surface area (Å²) in [7, 11) is 3.50. The molecule has 48 heavy (non-hydrogen) atoms. The Balaban J connectivity index is 1.22. The number of urea groups is 2. The number of halogens is 1. The van der Waals surface area contributed by atoms with Gasteiger partial charge in [-0.1, -0.05) is 12.1 Å². The van der Waals surface area contributed by atoms with Crippen LogP contribution in [0.1, 0.15) is 38.3 Å². The second-order valence-corrected chi connectivity index (χ2v) is 12.6. The normalized spacial score (nSPS) is 17.4. The van der Waals surface area contributed by atoms with Gasteiger partial charge >= 0.3 is 12.1 Å². The van der Waals surface area contributed by atoms with Crippen LogP contribution in [0.3, 0.4) is 0 Å². The minimum atomic E-state index is -1.18. The number of amides is 6. The number of nitrogens with one attached hydrogen (secondary N) is 1. The number of nitrogens with zero attached hydrogens (tertiary/aromatic N) is 7. The van der Waals surface area contributed by atoms with Crippen LogP contribution in [0.5, 0.6) is 0 Å². The zero-order chi connectivity index (χ0) is 34.3. The molecule has 2 aromatic carbocycles. The van der Waals surface area contributed by atoms with Gasteiger partial charge in [-0.05, 0) is 74.7 Å². The van der Waals surface area contributed by atoms with Gasteiger partial charge in [0.15, 0.2) is 5.82 Å². The largest absolute Gasteiger partial charge is 0.382 e. The lowest BCUT2D eigenvalue weighted by Crippen LogP contribution is -2.61. The van der Waals surface area contributed by atoms with Crippen molar-refractivity contribution in [3.05, 3.63) is 72.4 Å². The molecular formula is C34H38FN9O4. The fourth-order valence-electron chi connectivity index (χ4n) is 6.40. The second kappa shape index (κ2) is 12.9. The lowest BCUT2D eigenvalue weighted by atomic mass is 9.93. The van der Waals surface area contributed by atoms with Gasteiger partial charge in [0.05, 0.1) is 5.69 Å². The molecule has 1 atom stereocenters. The van der Waals surface area contributed by atoms with Gasteiger partial charge in [0.2, 0.25) is 11.8 Å². The van der Waals surface area contributed by atoms with E-state index in [1.165, 1.54) is 23.4 Å². The molecule has 2 aliphatic heterocycles. The summed E-state index contributed by atoms with van der Waals surface area (Å²) in [6.45, 7) is 4.78. The first kappa shape index (κ1) is 32.4. The summed E-state index contributed by atoms with van der Waals surface area (Å²) in [4.78, 5) is 62.7. The standard InChI is InChI=1S/C34H38FN9O4/c1-20(2)42-18-27(32(46)43(34(42)48)25-11-7-23(35)8-12-25)31(45)39-24-9-5-21(6-10-24)26-17-28(44-29(26)30(36)37-19-38-44)22-13-15-41(16-14-22)33(47)40(3)4/h5-12,17,19-20,22,27H,13-16,18H2,1-4H3,(H,39,45)(H2,36,37,38). The maximum absolute atomic E-state index is 13.6. The Morgan fingerprint density at radius 1 is 1.02 bits per heavy atom. The van der Waals surface area contributed by atoms with Crippen molar-refractivity contribution in [3.8, 4) is 11.1 Å². The van der Waals surface area contributed by atoms with E-state index < -0.39 is 29.6 Å². The van der Waals surface area contributed by atoms with Gasteiger partial charge < -0.3 is 25.8 Å². The van der Waals surface area contributed by atoms with Crippen LogP contribution in [0.2, 0.25) is 0 Å². The van der Waals surface area contributed by atoms with Gasteiger partial charge in [-0.2, -0.15) is 5.10 Å². The molecule has 0 spiro atoms. The number of benzene rings is 2. The second-order valence-electron chi connectivity index (χ2n) is 12.6. The van der Waals surface area contributed by atoms with Crippen molar-refractivity contribution in [2.45, 2.75) is 38.6 Å². The number of nitrogen functional groups attached to an aromatic ring is 1. The lowest BCUT2D eigenvalue weighted by Gasteiger charge is -2.39. The fourth-order valence-corrected chi connectivity index (χ4v) is 6.40. The van der Waals surface area contributed by atoms with Crippen molar-refractivity contribution in [2.24, 2.45) is 5.92 Å². The molecule has 0 saturated carbocycles. The summed E-state index contributed by atoms with van der Waals surface area (Å²) in [6, 6.07) is 13.4.